The predicted octanol–water partition coefficient (Wildman–Crippen LogP) is 5.30. The van der Waals surface area contributed by atoms with Crippen molar-refractivity contribution >= 4 is 17.6 Å². The van der Waals surface area contributed by atoms with Crippen LogP contribution in [0.3, 0.4) is 0 Å². The maximum absolute atomic E-state index is 12.9. The summed E-state index contributed by atoms with van der Waals surface area (Å²) in [6.45, 7) is 3.98. The van der Waals surface area contributed by atoms with Gasteiger partial charge < -0.3 is 4.90 Å². The van der Waals surface area contributed by atoms with Gasteiger partial charge in [0.2, 0.25) is 0 Å². The lowest BCUT2D eigenvalue weighted by Crippen LogP contribution is -2.21. The Hall–Kier alpha value is -3.14. The Kier molecular flexibility index (Phi) is 5.99. The van der Waals surface area contributed by atoms with Crippen LogP contribution in [-0.2, 0) is 6.54 Å². The maximum atomic E-state index is 12.9. The SMILES string of the molecule is CCN(Cc1ccccc1)c1ccc(C=NNc2ccc(F)cc2)cc1. The van der Waals surface area contributed by atoms with Crippen molar-refractivity contribution in [2.24, 2.45) is 5.10 Å². The van der Waals surface area contributed by atoms with Crippen LogP contribution in [0.15, 0.2) is 84.0 Å². The van der Waals surface area contributed by atoms with Crippen LogP contribution in [0.1, 0.15) is 18.1 Å². The molecule has 0 aliphatic carbocycles. The van der Waals surface area contributed by atoms with E-state index in [1.807, 2.05) is 18.2 Å². The van der Waals surface area contributed by atoms with Gasteiger partial charge in [0.15, 0.2) is 0 Å². The van der Waals surface area contributed by atoms with Crippen LogP contribution < -0.4 is 10.3 Å². The van der Waals surface area contributed by atoms with Crippen LogP contribution in [0.5, 0.6) is 0 Å². The average molecular weight is 347 g/mol. The smallest absolute Gasteiger partial charge is 0.123 e. The Morgan fingerprint density at radius 3 is 2.27 bits per heavy atom. The molecule has 0 aliphatic heterocycles. The summed E-state index contributed by atoms with van der Waals surface area (Å²) in [7, 11) is 0. The number of halogens is 1. The second-order valence-corrected chi connectivity index (χ2v) is 5.97. The summed E-state index contributed by atoms with van der Waals surface area (Å²) in [5.41, 5.74) is 7.12. The third-order valence-electron chi connectivity index (χ3n) is 4.11. The highest BCUT2D eigenvalue weighted by molar-refractivity contribution is 5.81. The van der Waals surface area contributed by atoms with Crippen LogP contribution in [0.2, 0.25) is 0 Å². The molecule has 0 saturated heterocycles. The van der Waals surface area contributed by atoms with E-state index in [1.165, 1.54) is 23.4 Å². The minimum absolute atomic E-state index is 0.258. The van der Waals surface area contributed by atoms with Gasteiger partial charge in [-0.2, -0.15) is 5.10 Å². The van der Waals surface area contributed by atoms with Gasteiger partial charge in [-0.05, 0) is 54.4 Å². The van der Waals surface area contributed by atoms with E-state index >= 15 is 0 Å². The van der Waals surface area contributed by atoms with Gasteiger partial charge in [-0.1, -0.05) is 42.5 Å². The molecule has 0 heterocycles. The molecule has 1 N–H and O–H groups in total. The molecule has 0 fully saturated rings. The third-order valence-corrected chi connectivity index (χ3v) is 4.11. The molecular formula is C22H22FN3. The molecule has 0 amide bonds. The average Bonchev–Trinajstić information content (AvgIpc) is 2.69. The van der Waals surface area contributed by atoms with E-state index in [0.717, 1.165) is 24.3 Å². The van der Waals surface area contributed by atoms with E-state index in [4.69, 9.17) is 0 Å². The normalized spacial score (nSPS) is 10.8. The second kappa shape index (κ2) is 8.81. The summed E-state index contributed by atoms with van der Waals surface area (Å²) < 4.78 is 12.9. The molecule has 3 aromatic carbocycles. The first-order valence-corrected chi connectivity index (χ1v) is 8.68. The molecular weight excluding hydrogens is 325 g/mol. The number of benzene rings is 3. The summed E-state index contributed by atoms with van der Waals surface area (Å²) in [6.07, 6.45) is 1.75. The van der Waals surface area contributed by atoms with Crippen molar-refractivity contribution in [3.8, 4) is 0 Å². The highest BCUT2D eigenvalue weighted by Gasteiger charge is 2.05. The fourth-order valence-corrected chi connectivity index (χ4v) is 2.67. The van der Waals surface area contributed by atoms with Crippen LogP contribution in [-0.4, -0.2) is 12.8 Å². The summed E-state index contributed by atoms with van der Waals surface area (Å²) in [5, 5.41) is 4.19. The summed E-state index contributed by atoms with van der Waals surface area (Å²) >= 11 is 0. The highest BCUT2D eigenvalue weighted by atomic mass is 19.1. The standard InChI is InChI=1S/C22H22FN3/c1-2-26(17-19-6-4-3-5-7-19)22-14-8-18(9-15-22)16-24-25-21-12-10-20(23)11-13-21/h3-16,25H,2,17H2,1H3. The zero-order valence-electron chi connectivity index (χ0n) is 14.8. The van der Waals surface area contributed by atoms with Crippen molar-refractivity contribution in [3.05, 3.63) is 95.8 Å². The zero-order valence-corrected chi connectivity index (χ0v) is 14.8. The highest BCUT2D eigenvalue weighted by Crippen LogP contribution is 2.17. The number of anilines is 2. The molecule has 4 heteroatoms. The Balaban J connectivity index is 1.61. The van der Waals surface area contributed by atoms with Gasteiger partial charge in [-0.15, -0.1) is 0 Å². The zero-order chi connectivity index (χ0) is 18.2. The van der Waals surface area contributed by atoms with Gasteiger partial charge in [0.25, 0.3) is 0 Å². The van der Waals surface area contributed by atoms with Crippen molar-refractivity contribution in [1.29, 1.82) is 0 Å². The van der Waals surface area contributed by atoms with Gasteiger partial charge in [-0.3, -0.25) is 5.43 Å². The van der Waals surface area contributed by atoms with Gasteiger partial charge in [-0.25, -0.2) is 4.39 Å². The predicted molar refractivity (Wildman–Crippen MR) is 107 cm³/mol. The fourth-order valence-electron chi connectivity index (χ4n) is 2.67. The first-order chi connectivity index (χ1) is 12.7. The lowest BCUT2D eigenvalue weighted by Gasteiger charge is -2.23. The number of hydrogen-bond acceptors (Lipinski definition) is 3. The Bertz CT molecular complexity index is 828. The topological polar surface area (TPSA) is 27.6 Å². The Labute approximate surface area is 153 Å². The van der Waals surface area contributed by atoms with E-state index in [0.29, 0.717) is 0 Å². The minimum atomic E-state index is -0.258. The molecule has 0 radical (unpaired) electrons. The molecule has 3 rings (SSSR count). The van der Waals surface area contributed by atoms with E-state index in [9.17, 15) is 4.39 Å². The van der Waals surface area contributed by atoms with Gasteiger partial charge >= 0.3 is 0 Å². The monoisotopic (exact) mass is 347 g/mol. The van der Waals surface area contributed by atoms with E-state index in [-0.39, 0.29) is 5.82 Å². The number of rotatable bonds is 7. The molecule has 0 atom stereocenters. The number of hydrazone groups is 1. The summed E-state index contributed by atoms with van der Waals surface area (Å²) in [5.74, 6) is -0.258. The van der Waals surface area contributed by atoms with Gasteiger partial charge in [0.05, 0.1) is 11.9 Å². The minimum Gasteiger partial charge on any atom is -0.367 e. The van der Waals surface area contributed by atoms with Crippen molar-refractivity contribution in [1.82, 2.24) is 0 Å². The first-order valence-electron chi connectivity index (χ1n) is 8.68. The molecule has 0 saturated carbocycles. The lowest BCUT2D eigenvalue weighted by atomic mass is 10.1. The van der Waals surface area contributed by atoms with Crippen LogP contribution in [0.25, 0.3) is 0 Å². The molecule has 3 nitrogen and oxygen atoms in total. The quantitative estimate of drug-likeness (QED) is 0.464. The Morgan fingerprint density at radius 2 is 1.62 bits per heavy atom. The van der Waals surface area contributed by atoms with Crippen molar-refractivity contribution in [2.75, 3.05) is 16.9 Å². The van der Waals surface area contributed by atoms with Gasteiger partial charge in [0, 0.05) is 18.8 Å². The van der Waals surface area contributed by atoms with E-state index in [2.05, 4.69) is 58.7 Å². The maximum Gasteiger partial charge on any atom is 0.123 e. The molecule has 26 heavy (non-hydrogen) atoms. The van der Waals surface area contributed by atoms with Crippen molar-refractivity contribution in [3.63, 3.8) is 0 Å². The lowest BCUT2D eigenvalue weighted by molar-refractivity contribution is 0.628. The molecule has 3 aromatic rings. The molecule has 0 spiro atoms. The third kappa shape index (κ3) is 4.93. The molecule has 0 aromatic heterocycles. The van der Waals surface area contributed by atoms with Crippen molar-refractivity contribution in [2.45, 2.75) is 13.5 Å². The summed E-state index contributed by atoms with van der Waals surface area (Å²) in [4.78, 5) is 2.33. The summed E-state index contributed by atoms with van der Waals surface area (Å²) in [6, 6.07) is 24.8. The first kappa shape index (κ1) is 17.7. The molecule has 132 valence electrons. The van der Waals surface area contributed by atoms with Crippen molar-refractivity contribution < 1.29 is 4.39 Å². The van der Waals surface area contributed by atoms with Gasteiger partial charge in [0.1, 0.15) is 5.82 Å². The van der Waals surface area contributed by atoms with E-state index < -0.39 is 0 Å². The number of nitrogens with one attached hydrogen (secondary N) is 1. The molecule has 0 bridgehead atoms. The van der Waals surface area contributed by atoms with Crippen LogP contribution >= 0.6 is 0 Å². The van der Waals surface area contributed by atoms with Crippen LogP contribution in [0, 0.1) is 5.82 Å². The largest absolute Gasteiger partial charge is 0.367 e. The van der Waals surface area contributed by atoms with Crippen LogP contribution in [0.4, 0.5) is 15.8 Å². The second-order valence-electron chi connectivity index (χ2n) is 5.97. The van der Waals surface area contributed by atoms with E-state index in [1.54, 1.807) is 18.3 Å². The molecule has 0 unspecified atom stereocenters. The Morgan fingerprint density at radius 1 is 0.923 bits per heavy atom. The number of nitrogens with zero attached hydrogens (tertiary/aromatic N) is 2. The fraction of sp³-hybridized carbons (Fsp3) is 0.136. The number of hydrogen-bond donors (Lipinski definition) is 1. The molecule has 0 aliphatic rings.